The number of amides is 2. The maximum absolute atomic E-state index is 12.1. The molecule has 0 unspecified atom stereocenters. The topological polar surface area (TPSA) is 105 Å². The lowest BCUT2D eigenvalue weighted by atomic mass is 10.2. The van der Waals surface area contributed by atoms with E-state index < -0.39 is 16.7 Å². The first-order chi connectivity index (χ1) is 12.4. The average molecular weight is 354 g/mol. The van der Waals surface area contributed by atoms with Gasteiger partial charge in [-0.05, 0) is 29.8 Å². The molecule has 0 heterocycles. The fourth-order valence-electron chi connectivity index (χ4n) is 2.07. The molecule has 0 spiro atoms. The molecule has 0 atom stereocenters. The normalized spacial score (nSPS) is 10.4. The lowest BCUT2D eigenvalue weighted by Gasteiger charge is -2.13. The molecular formula is C18H18N4O4. The fourth-order valence-corrected chi connectivity index (χ4v) is 2.07. The van der Waals surface area contributed by atoms with Crippen LogP contribution in [0.15, 0.2) is 54.6 Å². The Morgan fingerprint density at radius 1 is 1.08 bits per heavy atom. The zero-order chi connectivity index (χ0) is 19.1. The Morgan fingerprint density at radius 2 is 1.81 bits per heavy atom. The lowest BCUT2D eigenvalue weighted by Crippen LogP contribution is -2.40. The molecule has 2 rings (SSSR count). The second-order valence-corrected chi connectivity index (χ2v) is 5.57. The zero-order valence-electron chi connectivity index (χ0n) is 14.3. The van der Waals surface area contributed by atoms with Gasteiger partial charge in [0.15, 0.2) is 0 Å². The summed E-state index contributed by atoms with van der Waals surface area (Å²) in [6.45, 7) is 0. The van der Waals surface area contributed by atoms with Crippen LogP contribution in [0.3, 0.4) is 0 Å². The molecule has 2 amide bonds. The predicted molar refractivity (Wildman–Crippen MR) is 98.5 cm³/mol. The predicted octanol–water partition coefficient (Wildman–Crippen LogP) is 2.14. The molecule has 0 aliphatic heterocycles. The van der Waals surface area contributed by atoms with Crippen LogP contribution >= 0.6 is 0 Å². The van der Waals surface area contributed by atoms with E-state index in [1.807, 2.05) is 25.1 Å². The van der Waals surface area contributed by atoms with Crippen molar-refractivity contribution >= 4 is 29.3 Å². The molecule has 26 heavy (non-hydrogen) atoms. The minimum atomic E-state index is -0.561. The molecule has 0 bridgehead atoms. The highest BCUT2D eigenvalue weighted by Gasteiger charge is 2.08. The summed E-state index contributed by atoms with van der Waals surface area (Å²) in [4.78, 5) is 35.9. The number of rotatable bonds is 5. The number of nitrogens with one attached hydrogen (secondary N) is 2. The van der Waals surface area contributed by atoms with Gasteiger partial charge in [0.25, 0.3) is 17.5 Å². The van der Waals surface area contributed by atoms with Crippen molar-refractivity contribution in [3.8, 4) is 0 Å². The van der Waals surface area contributed by atoms with Gasteiger partial charge in [0.2, 0.25) is 0 Å². The molecule has 0 radical (unpaired) electrons. The summed E-state index contributed by atoms with van der Waals surface area (Å²) in [7, 11) is 3.72. The van der Waals surface area contributed by atoms with E-state index in [-0.39, 0.29) is 5.69 Å². The smallest absolute Gasteiger partial charge is 0.270 e. The first-order valence-electron chi connectivity index (χ1n) is 7.67. The van der Waals surface area contributed by atoms with Gasteiger partial charge in [-0.3, -0.25) is 30.6 Å². The molecule has 8 heteroatoms. The van der Waals surface area contributed by atoms with E-state index in [0.717, 1.165) is 5.69 Å². The molecule has 0 saturated carbocycles. The van der Waals surface area contributed by atoms with Gasteiger partial charge in [0, 0.05) is 43.6 Å². The first kappa shape index (κ1) is 18.7. The fraction of sp³-hybridized carbons (Fsp3) is 0.111. The van der Waals surface area contributed by atoms with E-state index in [0.29, 0.717) is 11.1 Å². The molecule has 2 aromatic carbocycles. The van der Waals surface area contributed by atoms with Gasteiger partial charge in [-0.2, -0.15) is 0 Å². The number of anilines is 1. The molecule has 2 N–H and O–H groups in total. The Morgan fingerprint density at radius 3 is 2.50 bits per heavy atom. The first-order valence-corrected chi connectivity index (χ1v) is 7.67. The number of carbonyl (C=O) groups is 2. The third-order valence-corrected chi connectivity index (χ3v) is 3.43. The summed E-state index contributed by atoms with van der Waals surface area (Å²) >= 11 is 0. The van der Waals surface area contributed by atoms with Crippen molar-refractivity contribution in [2.75, 3.05) is 19.0 Å². The van der Waals surface area contributed by atoms with Crippen LogP contribution in [0, 0.1) is 10.1 Å². The van der Waals surface area contributed by atoms with Crippen molar-refractivity contribution in [1.82, 2.24) is 10.9 Å². The van der Waals surface area contributed by atoms with E-state index in [1.54, 1.807) is 24.3 Å². The molecule has 2 aromatic rings. The molecule has 0 fully saturated rings. The minimum absolute atomic E-state index is 0.0679. The van der Waals surface area contributed by atoms with Crippen LogP contribution in [0.1, 0.15) is 15.9 Å². The van der Waals surface area contributed by atoms with Crippen molar-refractivity contribution in [2.45, 2.75) is 0 Å². The largest absolute Gasteiger partial charge is 0.378 e. The number of nitro benzene ring substituents is 1. The Kier molecular flexibility index (Phi) is 6.05. The molecule has 0 aliphatic rings. The number of carbonyl (C=O) groups excluding carboxylic acids is 2. The summed E-state index contributed by atoms with van der Waals surface area (Å²) in [5.74, 6) is -1.01. The van der Waals surface area contributed by atoms with Gasteiger partial charge in [0.1, 0.15) is 0 Å². The van der Waals surface area contributed by atoms with Gasteiger partial charge in [-0.15, -0.1) is 0 Å². The second kappa shape index (κ2) is 8.43. The van der Waals surface area contributed by atoms with Crippen LogP contribution in [0.25, 0.3) is 6.08 Å². The van der Waals surface area contributed by atoms with Crippen molar-refractivity contribution < 1.29 is 14.5 Å². The highest BCUT2D eigenvalue weighted by Crippen LogP contribution is 2.14. The van der Waals surface area contributed by atoms with Crippen LogP contribution in [0.2, 0.25) is 0 Å². The third-order valence-electron chi connectivity index (χ3n) is 3.43. The Hall–Kier alpha value is -3.68. The van der Waals surface area contributed by atoms with Crippen LogP contribution in [-0.2, 0) is 4.79 Å². The van der Waals surface area contributed by atoms with Crippen molar-refractivity contribution in [3.63, 3.8) is 0 Å². The number of non-ortho nitro benzene ring substituents is 1. The van der Waals surface area contributed by atoms with Gasteiger partial charge >= 0.3 is 0 Å². The third kappa shape index (κ3) is 5.17. The molecule has 0 saturated heterocycles. The van der Waals surface area contributed by atoms with Gasteiger partial charge in [-0.1, -0.05) is 18.2 Å². The van der Waals surface area contributed by atoms with E-state index in [4.69, 9.17) is 0 Å². The molecule has 8 nitrogen and oxygen atoms in total. The van der Waals surface area contributed by atoms with Crippen LogP contribution in [0.5, 0.6) is 0 Å². The minimum Gasteiger partial charge on any atom is -0.378 e. The van der Waals surface area contributed by atoms with Crippen molar-refractivity contribution in [2.24, 2.45) is 0 Å². The number of nitrogens with zero attached hydrogens (tertiary/aromatic N) is 2. The van der Waals surface area contributed by atoms with Crippen LogP contribution in [-0.4, -0.2) is 30.8 Å². The Bertz CT molecular complexity index is 862. The van der Waals surface area contributed by atoms with E-state index in [2.05, 4.69) is 10.9 Å². The molecule has 134 valence electrons. The molecular weight excluding hydrogens is 336 g/mol. The van der Waals surface area contributed by atoms with Crippen LogP contribution < -0.4 is 15.8 Å². The number of nitro groups is 1. The van der Waals surface area contributed by atoms with Gasteiger partial charge in [-0.25, -0.2) is 0 Å². The van der Waals surface area contributed by atoms with Crippen molar-refractivity contribution in [3.05, 3.63) is 75.8 Å². The summed E-state index contributed by atoms with van der Waals surface area (Å²) in [6, 6.07) is 12.8. The standard InChI is InChI=1S/C18H18N4O4/c1-21(2)15-7-4-6-14(12-15)18(24)20-19-17(23)10-9-13-5-3-8-16(11-13)22(25)26/h3-12H,1-2H3,(H,19,23)(H,20,24)/b10-9+. The number of hydrogen-bond donors (Lipinski definition) is 2. The molecule has 0 aliphatic carbocycles. The summed E-state index contributed by atoms with van der Waals surface area (Å²) in [6.07, 6.45) is 2.59. The number of hydrogen-bond acceptors (Lipinski definition) is 5. The van der Waals surface area contributed by atoms with E-state index >= 15 is 0 Å². The maximum Gasteiger partial charge on any atom is 0.270 e. The SMILES string of the molecule is CN(C)c1cccc(C(=O)NNC(=O)/C=C/c2cccc([N+](=O)[O-])c2)c1. The molecule has 0 aromatic heterocycles. The van der Waals surface area contributed by atoms with Gasteiger partial charge < -0.3 is 4.90 Å². The second-order valence-electron chi connectivity index (χ2n) is 5.57. The quantitative estimate of drug-likeness (QED) is 0.486. The van der Waals surface area contributed by atoms with E-state index in [9.17, 15) is 19.7 Å². The monoisotopic (exact) mass is 354 g/mol. The lowest BCUT2D eigenvalue weighted by molar-refractivity contribution is -0.384. The van der Waals surface area contributed by atoms with Gasteiger partial charge in [0.05, 0.1) is 4.92 Å². The van der Waals surface area contributed by atoms with Crippen LogP contribution in [0.4, 0.5) is 11.4 Å². The number of hydrazine groups is 1. The Labute approximate surface area is 150 Å². The number of benzene rings is 2. The maximum atomic E-state index is 12.1. The highest BCUT2D eigenvalue weighted by molar-refractivity contribution is 5.98. The summed E-state index contributed by atoms with van der Waals surface area (Å²) in [5.41, 5.74) is 6.27. The highest BCUT2D eigenvalue weighted by atomic mass is 16.6. The zero-order valence-corrected chi connectivity index (χ0v) is 14.3. The summed E-state index contributed by atoms with van der Waals surface area (Å²) in [5, 5.41) is 10.7. The Balaban J connectivity index is 1.94. The van der Waals surface area contributed by atoms with E-state index in [1.165, 1.54) is 30.4 Å². The summed E-state index contributed by atoms with van der Waals surface area (Å²) < 4.78 is 0. The van der Waals surface area contributed by atoms with Crippen molar-refractivity contribution in [1.29, 1.82) is 0 Å². The average Bonchev–Trinajstić information content (AvgIpc) is 2.64.